The zero-order valence-electron chi connectivity index (χ0n) is 8.93. The van der Waals surface area contributed by atoms with Gasteiger partial charge in [-0.05, 0) is 0 Å². The molecule has 0 spiro atoms. The largest absolute Gasteiger partial charge is 0.469 e. The molecule has 0 aliphatic rings. The number of ether oxygens (including phenoxy) is 1. The molecule has 7 heteroatoms. The Morgan fingerprint density at radius 2 is 1.94 bits per heavy atom. The molecular weight excluding hydrogens is 269 g/mol. The molecule has 0 bridgehead atoms. The summed E-state index contributed by atoms with van der Waals surface area (Å²) in [4.78, 5) is 14.7. The summed E-state index contributed by atoms with van der Waals surface area (Å²) >= 11 is 11.6. The van der Waals surface area contributed by atoms with Crippen molar-refractivity contribution in [1.82, 2.24) is 4.98 Å². The Morgan fingerprint density at radius 3 is 2.41 bits per heavy atom. The first-order valence-electron chi connectivity index (χ1n) is 4.69. The number of esters is 1. The summed E-state index contributed by atoms with van der Waals surface area (Å²) in [5.74, 6) is -0.641. The van der Waals surface area contributed by atoms with E-state index in [1.807, 2.05) is 0 Å². The van der Waals surface area contributed by atoms with Crippen molar-refractivity contribution < 1.29 is 19.7 Å². The van der Waals surface area contributed by atoms with E-state index in [4.69, 9.17) is 23.2 Å². The van der Waals surface area contributed by atoms with Crippen molar-refractivity contribution >= 4 is 29.2 Å². The van der Waals surface area contributed by atoms with E-state index in [0.717, 1.165) is 0 Å². The Morgan fingerprint density at radius 1 is 1.41 bits per heavy atom. The second kappa shape index (κ2) is 6.16. The van der Waals surface area contributed by atoms with E-state index in [-0.39, 0.29) is 22.0 Å². The molecule has 0 aliphatic carbocycles. The van der Waals surface area contributed by atoms with Crippen LogP contribution in [0.1, 0.15) is 18.1 Å². The number of rotatable bonds is 4. The molecular formula is C10H11Cl2NO4. The van der Waals surface area contributed by atoms with Gasteiger partial charge in [-0.1, -0.05) is 23.2 Å². The number of hydrogen-bond acceptors (Lipinski definition) is 5. The van der Waals surface area contributed by atoms with E-state index < -0.39 is 18.2 Å². The molecule has 94 valence electrons. The molecule has 1 aromatic rings. The molecule has 1 heterocycles. The van der Waals surface area contributed by atoms with Gasteiger partial charge in [-0.25, -0.2) is 0 Å². The lowest BCUT2D eigenvalue weighted by molar-refractivity contribution is -0.144. The quantitative estimate of drug-likeness (QED) is 0.814. The monoisotopic (exact) mass is 279 g/mol. The van der Waals surface area contributed by atoms with Crippen LogP contribution in [0, 0.1) is 0 Å². The maximum atomic E-state index is 11.0. The molecule has 0 fully saturated rings. The van der Waals surface area contributed by atoms with Crippen LogP contribution in [0.2, 0.25) is 10.0 Å². The van der Waals surface area contributed by atoms with Crippen LogP contribution in [-0.2, 0) is 9.53 Å². The highest BCUT2D eigenvalue weighted by molar-refractivity contribution is 6.35. The topological polar surface area (TPSA) is 79.7 Å². The number of methoxy groups -OCH3 is 1. The summed E-state index contributed by atoms with van der Waals surface area (Å²) in [5, 5.41) is 19.7. The van der Waals surface area contributed by atoms with E-state index >= 15 is 0 Å². The fourth-order valence-corrected chi connectivity index (χ4v) is 1.85. The molecule has 1 rings (SSSR count). The number of hydrogen-bond donors (Lipinski definition) is 2. The molecule has 0 saturated carbocycles. The summed E-state index contributed by atoms with van der Waals surface area (Å²) in [6.45, 7) is 0. The summed E-state index contributed by atoms with van der Waals surface area (Å²) < 4.78 is 4.38. The number of aromatic nitrogens is 1. The molecule has 0 radical (unpaired) electrons. The van der Waals surface area contributed by atoms with Crippen molar-refractivity contribution in [2.24, 2.45) is 0 Å². The summed E-state index contributed by atoms with van der Waals surface area (Å²) in [5.41, 5.74) is 0.139. The molecule has 2 atom stereocenters. The molecule has 0 amide bonds. The lowest BCUT2D eigenvalue weighted by Gasteiger charge is -2.19. The highest BCUT2D eigenvalue weighted by Crippen LogP contribution is 2.31. The number of pyridine rings is 1. The van der Waals surface area contributed by atoms with Crippen LogP contribution in [0.3, 0.4) is 0 Å². The summed E-state index contributed by atoms with van der Waals surface area (Å²) in [7, 11) is 1.19. The Labute approximate surface area is 108 Å². The fourth-order valence-electron chi connectivity index (χ4n) is 1.26. The van der Waals surface area contributed by atoms with Crippen molar-refractivity contribution in [3.8, 4) is 0 Å². The first-order valence-corrected chi connectivity index (χ1v) is 5.44. The Hall–Kier alpha value is -0.880. The Kier molecular flexibility index (Phi) is 5.14. The zero-order valence-corrected chi connectivity index (χ0v) is 10.4. The normalized spacial score (nSPS) is 14.2. The number of halogens is 2. The van der Waals surface area contributed by atoms with Crippen LogP contribution < -0.4 is 0 Å². The number of aliphatic hydroxyl groups excluding tert-OH is 2. The number of carbonyl (C=O) groups is 1. The van der Waals surface area contributed by atoms with E-state index in [9.17, 15) is 15.0 Å². The third kappa shape index (κ3) is 3.54. The second-order valence-electron chi connectivity index (χ2n) is 3.31. The molecule has 0 aromatic carbocycles. The first kappa shape index (κ1) is 14.2. The highest BCUT2D eigenvalue weighted by Gasteiger charge is 2.25. The van der Waals surface area contributed by atoms with Crippen LogP contribution >= 0.6 is 23.2 Å². The molecule has 0 aliphatic heterocycles. The van der Waals surface area contributed by atoms with Crippen LogP contribution in [0.25, 0.3) is 0 Å². The standard InChI is InChI=1S/C10H11Cl2NO4/c1-17-8(15)2-7(14)10(16)9-5(11)3-13-4-6(9)12/h3-4,7,10,14,16H,2H2,1H3. The smallest absolute Gasteiger partial charge is 0.308 e. The second-order valence-corrected chi connectivity index (χ2v) is 4.12. The molecule has 1 aromatic heterocycles. The number of carbonyl (C=O) groups excluding carboxylic acids is 1. The van der Waals surface area contributed by atoms with Crippen molar-refractivity contribution in [3.05, 3.63) is 28.0 Å². The maximum absolute atomic E-state index is 11.0. The lowest BCUT2D eigenvalue weighted by Crippen LogP contribution is -2.23. The predicted molar refractivity (Wildman–Crippen MR) is 61.9 cm³/mol. The van der Waals surface area contributed by atoms with Gasteiger partial charge in [0.05, 0.1) is 29.7 Å². The molecule has 17 heavy (non-hydrogen) atoms. The van der Waals surface area contributed by atoms with Gasteiger partial charge < -0.3 is 14.9 Å². The third-order valence-corrected chi connectivity index (χ3v) is 2.76. The van der Waals surface area contributed by atoms with Gasteiger partial charge in [0.15, 0.2) is 0 Å². The third-order valence-electron chi connectivity index (χ3n) is 2.15. The minimum absolute atomic E-state index is 0.119. The van der Waals surface area contributed by atoms with Gasteiger partial charge in [-0.2, -0.15) is 0 Å². The average molecular weight is 280 g/mol. The van der Waals surface area contributed by atoms with E-state index in [1.54, 1.807) is 0 Å². The molecule has 5 nitrogen and oxygen atoms in total. The minimum atomic E-state index is -1.38. The van der Waals surface area contributed by atoms with E-state index in [0.29, 0.717) is 0 Å². The lowest BCUT2D eigenvalue weighted by atomic mass is 10.0. The number of aliphatic hydroxyl groups is 2. The van der Waals surface area contributed by atoms with Crippen molar-refractivity contribution in [2.45, 2.75) is 18.6 Å². The van der Waals surface area contributed by atoms with Gasteiger partial charge in [0.25, 0.3) is 0 Å². The first-order chi connectivity index (χ1) is 7.97. The SMILES string of the molecule is COC(=O)CC(O)C(O)c1c(Cl)cncc1Cl. The maximum Gasteiger partial charge on any atom is 0.308 e. The summed E-state index contributed by atoms with van der Waals surface area (Å²) in [6, 6.07) is 0. The van der Waals surface area contributed by atoms with E-state index in [1.165, 1.54) is 19.5 Å². The average Bonchev–Trinajstić information content (AvgIpc) is 2.28. The molecule has 0 saturated heterocycles. The van der Waals surface area contributed by atoms with Gasteiger partial charge >= 0.3 is 5.97 Å². The van der Waals surface area contributed by atoms with Crippen molar-refractivity contribution in [3.63, 3.8) is 0 Å². The van der Waals surface area contributed by atoms with Gasteiger partial charge in [0.1, 0.15) is 6.10 Å². The fraction of sp³-hybridized carbons (Fsp3) is 0.400. The highest BCUT2D eigenvalue weighted by atomic mass is 35.5. The number of nitrogens with zero attached hydrogens (tertiary/aromatic N) is 1. The van der Waals surface area contributed by atoms with Crippen LogP contribution in [0.5, 0.6) is 0 Å². The zero-order chi connectivity index (χ0) is 13.0. The van der Waals surface area contributed by atoms with Gasteiger partial charge in [0.2, 0.25) is 0 Å². The Bertz CT molecular complexity index is 393. The summed E-state index contributed by atoms with van der Waals surface area (Å²) in [6.07, 6.45) is -0.502. The van der Waals surface area contributed by atoms with Crippen molar-refractivity contribution in [1.29, 1.82) is 0 Å². The van der Waals surface area contributed by atoms with Crippen LogP contribution in [0.4, 0.5) is 0 Å². The Balaban J connectivity index is 2.88. The predicted octanol–water partition coefficient (Wildman–Crippen LogP) is 1.35. The van der Waals surface area contributed by atoms with Crippen molar-refractivity contribution in [2.75, 3.05) is 7.11 Å². The van der Waals surface area contributed by atoms with Crippen LogP contribution in [0.15, 0.2) is 12.4 Å². The van der Waals surface area contributed by atoms with E-state index in [2.05, 4.69) is 9.72 Å². The molecule has 2 N–H and O–H groups in total. The van der Waals surface area contributed by atoms with Gasteiger partial charge in [-0.15, -0.1) is 0 Å². The van der Waals surface area contributed by atoms with Crippen LogP contribution in [-0.4, -0.2) is 34.4 Å². The van der Waals surface area contributed by atoms with Gasteiger partial charge in [0, 0.05) is 18.0 Å². The van der Waals surface area contributed by atoms with Gasteiger partial charge in [-0.3, -0.25) is 9.78 Å². The minimum Gasteiger partial charge on any atom is -0.469 e. The molecule has 2 unspecified atom stereocenters.